The first-order chi connectivity index (χ1) is 5.11. The maximum absolute atomic E-state index is 12.7. The normalized spacial score (nSPS) is 13.1. The first-order valence-electron chi connectivity index (χ1n) is 2.84. The molecule has 0 heterocycles. The minimum Gasteiger partial charge on any atom is -0.230 e. The molecular weight excluding hydrogens is 237 g/mol. The summed E-state index contributed by atoms with van der Waals surface area (Å²) in [7, 11) is 0. The third kappa shape index (κ3) is 2.14. The molecule has 0 aliphatic heterocycles. The van der Waals surface area contributed by atoms with Crippen LogP contribution in [0.25, 0.3) is 0 Å². The summed E-state index contributed by atoms with van der Waals surface area (Å²) in [6.07, 6.45) is 0. The molecule has 1 rings (SSSR count). The van der Waals surface area contributed by atoms with Crippen molar-refractivity contribution in [3.63, 3.8) is 0 Å². The SMILES string of the molecule is Fc1cc(Cl)ccc1C(F)Br. The van der Waals surface area contributed by atoms with Crippen LogP contribution in [0.5, 0.6) is 0 Å². The van der Waals surface area contributed by atoms with Gasteiger partial charge in [-0.3, -0.25) is 0 Å². The highest BCUT2D eigenvalue weighted by atomic mass is 79.9. The van der Waals surface area contributed by atoms with E-state index in [0.29, 0.717) is 0 Å². The summed E-state index contributed by atoms with van der Waals surface area (Å²) in [4.78, 5) is 0. The van der Waals surface area contributed by atoms with Gasteiger partial charge in [0.2, 0.25) is 0 Å². The summed E-state index contributed by atoms with van der Waals surface area (Å²) in [5.41, 5.74) is -0.0330. The minimum absolute atomic E-state index is 0.0330. The summed E-state index contributed by atoms with van der Waals surface area (Å²) < 4.78 is 25.2. The highest BCUT2D eigenvalue weighted by molar-refractivity contribution is 9.09. The average Bonchev–Trinajstić information content (AvgIpc) is 1.85. The van der Waals surface area contributed by atoms with Crippen molar-refractivity contribution in [2.24, 2.45) is 0 Å². The molecule has 0 nitrogen and oxygen atoms in total. The third-order valence-corrected chi connectivity index (χ3v) is 1.93. The fourth-order valence-electron chi connectivity index (χ4n) is 0.678. The lowest BCUT2D eigenvalue weighted by Gasteiger charge is -2.01. The van der Waals surface area contributed by atoms with Gasteiger partial charge in [0, 0.05) is 10.6 Å². The van der Waals surface area contributed by atoms with Crippen molar-refractivity contribution in [2.45, 2.75) is 5.08 Å². The van der Waals surface area contributed by atoms with Crippen LogP contribution in [0.1, 0.15) is 10.6 Å². The van der Waals surface area contributed by atoms with Crippen LogP contribution in [-0.2, 0) is 0 Å². The summed E-state index contributed by atoms with van der Waals surface area (Å²) in [6, 6.07) is 3.82. The van der Waals surface area contributed by atoms with E-state index >= 15 is 0 Å². The van der Waals surface area contributed by atoms with Gasteiger partial charge in [0.1, 0.15) is 5.82 Å². The first kappa shape index (κ1) is 8.94. The van der Waals surface area contributed by atoms with Crippen LogP contribution in [0.2, 0.25) is 5.02 Å². The standard InChI is InChI=1S/C7H4BrClF2/c8-7(11)5-2-1-4(9)3-6(5)10/h1-3,7H. The van der Waals surface area contributed by atoms with Crippen molar-refractivity contribution in [3.8, 4) is 0 Å². The van der Waals surface area contributed by atoms with Crippen molar-refractivity contribution < 1.29 is 8.78 Å². The summed E-state index contributed by atoms with van der Waals surface area (Å²) >= 11 is 8.05. The molecule has 60 valence electrons. The van der Waals surface area contributed by atoms with Crippen molar-refractivity contribution >= 4 is 27.5 Å². The zero-order valence-electron chi connectivity index (χ0n) is 5.32. The predicted octanol–water partition coefficient (Wildman–Crippen LogP) is 3.84. The summed E-state index contributed by atoms with van der Waals surface area (Å²) in [5, 5.41) is -1.21. The molecule has 0 aliphatic carbocycles. The number of alkyl halides is 2. The molecule has 0 saturated carbocycles. The highest BCUT2D eigenvalue weighted by Gasteiger charge is 2.10. The maximum Gasteiger partial charge on any atom is 0.182 e. The molecule has 0 radical (unpaired) electrons. The van der Waals surface area contributed by atoms with Gasteiger partial charge in [-0.25, -0.2) is 8.78 Å². The predicted molar refractivity (Wildman–Crippen MR) is 44.2 cm³/mol. The van der Waals surface area contributed by atoms with Gasteiger partial charge in [0.05, 0.1) is 0 Å². The van der Waals surface area contributed by atoms with Gasteiger partial charge in [-0.15, -0.1) is 0 Å². The molecule has 1 atom stereocenters. The molecule has 0 spiro atoms. The van der Waals surface area contributed by atoms with E-state index in [0.717, 1.165) is 6.07 Å². The molecule has 1 aromatic rings. The van der Waals surface area contributed by atoms with Gasteiger partial charge in [0.25, 0.3) is 0 Å². The second kappa shape index (κ2) is 3.50. The molecule has 0 saturated heterocycles. The van der Waals surface area contributed by atoms with E-state index in [4.69, 9.17) is 11.6 Å². The van der Waals surface area contributed by atoms with E-state index in [1.165, 1.54) is 12.1 Å². The second-order valence-electron chi connectivity index (χ2n) is 1.97. The van der Waals surface area contributed by atoms with Crippen LogP contribution < -0.4 is 0 Å². The average molecular weight is 241 g/mol. The molecule has 0 bridgehead atoms. The van der Waals surface area contributed by atoms with E-state index in [-0.39, 0.29) is 10.6 Å². The molecule has 0 aliphatic rings. The van der Waals surface area contributed by atoms with Crippen molar-refractivity contribution in [1.82, 2.24) is 0 Å². The van der Waals surface area contributed by atoms with Gasteiger partial charge in [-0.1, -0.05) is 17.7 Å². The van der Waals surface area contributed by atoms with Crippen LogP contribution in [0, 0.1) is 5.82 Å². The number of hydrogen-bond acceptors (Lipinski definition) is 0. The summed E-state index contributed by atoms with van der Waals surface area (Å²) in [6.45, 7) is 0. The maximum atomic E-state index is 12.7. The lowest BCUT2D eigenvalue weighted by molar-refractivity contribution is 0.458. The Morgan fingerprint density at radius 3 is 2.55 bits per heavy atom. The number of halogens is 4. The molecule has 11 heavy (non-hydrogen) atoms. The zero-order valence-corrected chi connectivity index (χ0v) is 7.66. The van der Waals surface area contributed by atoms with Crippen LogP contribution in [-0.4, -0.2) is 0 Å². The largest absolute Gasteiger partial charge is 0.230 e. The van der Waals surface area contributed by atoms with E-state index in [2.05, 4.69) is 15.9 Å². The molecule has 1 unspecified atom stereocenters. The molecule has 0 N–H and O–H groups in total. The molecule has 1 aromatic carbocycles. The number of hydrogen-bond donors (Lipinski definition) is 0. The van der Waals surface area contributed by atoms with E-state index < -0.39 is 10.9 Å². The Bertz CT molecular complexity index is 263. The molecular formula is C7H4BrClF2. The van der Waals surface area contributed by atoms with Gasteiger partial charge in [-0.05, 0) is 28.1 Å². The number of rotatable bonds is 1. The van der Waals surface area contributed by atoms with Crippen molar-refractivity contribution in [3.05, 3.63) is 34.6 Å². The van der Waals surface area contributed by atoms with Crippen molar-refractivity contribution in [1.29, 1.82) is 0 Å². The topological polar surface area (TPSA) is 0 Å². The quantitative estimate of drug-likeness (QED) is 0.655. The highest BCUT2D eigenvalue weighted by Crippen LogP contribution is 2.27. The molecule has 0 amide bonds. The van der Waals surface area contributed by atoms with E-state index in [9.17, 15) is 8.78 Å². The Morgan fingerprint density at radius 2 is 2.09 bits per heavy atom. The van der Waals surface area contributed by atoms with Gasteiger partial charge in [0.15, 0.2) is 5.08 Å². The Balaban J connectivity index is 3.09. The van der Waals surface area contributed by atoms with E-state index in [1.54, 1.807) is 0 Å². The fourth-order valence-corrected chi connectivity index (χ4v) is 1.21. The van der Waals surface area contributed by atoms with Gasteiger partial charge in [-0.2, -0.15) is 0 Å². The Kier molecular flexibility index (Phi) is 2.84. The Hall–Kier alpha value is -0.150. The Labute approximate surface area is 76.3 Å². The van der Waals surface area contributed by atoms with Gasteiger partial charge >= 0.3 is 0 Å². The first-order valence-corrected chi connectivity index (χ1v) is 4.13. The fraction of sp³-hybridized carbons (Fsp3) is 0.143. The second-order valence-corrected chi connectivity index (χ2v) is 3.21. The van der Waals surface area contributed by atoms with Crippen LogP contribution in [0.15, 0.2) is 18.2 Å². The lowest BCUT2D eigenvalue weighted by atomic mass is 10.2. The Morgan fingerprint density at radius 1 is 1.45 bits per heavy atom. The summed E-state index contributed by atoms with van der Waals surface area (Å²) in [5.74, 6) is -0.637. The smallest absolute Gasteiger partial charge is 0.182 e. The lowest BCUT2D eigenvalue weighted by Crippen LogP contribution is -1.87. The van der Waals surface area contributed by atoms with Crippen LogP contribution in [0.3, 0.4) is 0 Å². The third-order valence-electron chi connectivity index (χ3n) is 1.20. The van der Waals surface area contributed by atoms with Crippen LogP contribution >= 0.6 is 27.5 Å². The monoisotopic (exact) mass is 240 g/mol. The van der Waals surface area contributed by atoms with Gasteiger partial charge < -0.3 is 0 Å². The van der Waals surface area contributed by atoms with Crippen molar-refractivity contribution in [2.75, 3.05) is 0 Å². The molecule has 0 fully saturated rings. The van der Waals surface area contributed by atoms with E-state index in [1.807, 2.05) is 0 Å². The number of benzene rings is 1. The molecule has 4 heteroatoms. The molecule has 0 aromatic heterocycles. The van der Waals surface area contributed by atoms with Crippen LogP contribution in [0.4, 0.5) is 8.78 Å². The minimum atomic E-state index is -1.47. The zero-order chi connectivity index (χ0) is 8.43.